The number of piperidine rings is 1. The summed E-state index contributed by atoms with van der Waals surface area (Å²) in [5.74, 6) is 0.393. The fourth-order valence-electron chi connectivity index (χ4n) is 2.55. The Balaban J connectivity index is 2.10. The molecule has 1 aromatic rings. The second-order valence-electron chi connectivity index (χ2n) is 4.83. The molecule has 0 aromatic heterocycles. The van der Waals surface area contributed by atoms with Crippen LogP contribution in [0, 0.1) is 11.7 Å². The summed E-state index contributed by atoms with van der Waals surface area (Å²) in [6.07, 6.45) is 2.28. The molecular weight excluding hydrogens is 297 g/mol. The molecule has 0 radical (unpaired) electrons. The molecule has 1 heterocycles. The van der Waals surface area contributed by atoms with E-state index in [0.717, 1.165) is 37.4 Å². The van der Waals surface area contributed by atoms with Crippen molar-refractivity contribution in [1.29, 1.82) is 0 Å². The third-order valence-electron chi connectivity index (χ3n) is 3.43. The Kier molecular flexibility index (Phi) is 5.01. The van der Waals surface area contributed by atoms with E-state index in [1.807, 2.05) is 12.1 Å². The SMILES string of the molecule is COCC1CCCN(c2ccc(CBr)cc2F)C1. The molecule has 1 unspecified atom stereocenters. The van der Waals surface area contributed by atoms with Crippen LogP contribution in [0.3, 0.4) is 0 Å². The molecule has 1 aliphatic rings. The molecule has 0 N–H and O–H groups in total. The maximum atomic E-state index is 14.0. The van der Waals surface area contributed by atoms with Crippen molar-refractivity contribution in [2.24, 2.45) is 5.92 Å². The van der Waals surface area contributed by atoms with Crippen LogP contribution in [-0.4, -0.2) is 26.8 Å². The summed E-state index contributed by atoms with van der Waals surface area (Å²) in [5, 5.41) is 0.691. The third kappa shape index (κ3) is 3.23. The standard InChI is InChI=1S/C14H19BrFNO/c1-18-10-12-3-2-6-17(9-12)14-5-4-11(8-15)7-13(14)16/h4-5,7,12H,2-3,6,8-10H2,1H3. The van der Waals surface area contributed by atoms with E-state index >= 15 is 0 Å². The van der Waals surface area contributed by atoms with Gasteiger partial charge < -0.3 is 9.64 Å². The number of hydrogen-bond donors (Lipinski definition) is 0. The van der Waals surface area contributed by atoms with Crippen molar-refractivity contribution in [1.82, 2.24) is 0 Å². The zero-order chi connectivity index (χ0) is 13.0. The van der Waals surface area contributed by atoms with Crippen LogP contribution in [0.2, 0.25) is 0 Å². The highest BCUT2D eigenvalue weighted by atomic mass is 79.9. The van der Waals surface area contributed by atoms with Crippen LogP contribution in [0.4, 0.5) is 10.1 Å². The van der Waals surface area contributed by atoms with E-state index in [4.69, 9.17) is 4.74 Å². The fraction of sp³-hybridized carbons (Fsp3) is 0.571. The predicted octanol–water partition coefficient (Wildman–Crippen LogP) is 3.58. The summed E-state index contributed by atoms with van der Waals surface area (Å²) in [6, 6.07) is 5.48. The van der Waals surface area contributed by atoms with Crippen molar-refractivity contribution >= 4 is 21.6 Å². The number of methoxy groups -OCH3 is 1. The van der Waals surface area contributed by atoms with Crippen LogP contribution in [0.5, 0.6) is 0 Å². The van der Waals surface area contributed by atoms with Crippen molar-refractivity contribution in [3.05, 3.63) is 29.6 Å². The molecule has 0 aliphatic carbocycles. The summed E-state index contributed by atoms with van der Waals surface area (Å²) in [5.41, 5.74) is 1.70. The van der Waals surface area contributed by atoms with Crippen molar-refractivity contribution in [2.45, 2.75) is 18.2 Å². The summed E-state index contributed by atoms with van der Waals surface area (Å²) in [7, 11) is 1.73. The number of rotatable bonds is 4. The molecule has 0 bridgehead atoms. The van der Waals surface area contributed by atoms with E-state index in [-0.39, 0.29) is 5.82 Å². The predicted molar refractivity (Wildman–Crippen MR) is 75.8 cm³/mol. The van der Waals surface area contributed by atoms with E-state index in [9.17, 15) is 4.39 Å². The lowest BCUT2D eigenvalue weighted by Gasteiger charge is -2.34. The van der Waals surface area contributed by atoms with Crippen LogP contribution in [-0.2, 0) is 10.1 Å². The molecule has 1 aromatic carbocycles. The zero-order valence-electron chi connectivity index (χ0n) is 10.7. The first-order valence-corrected chi connectivity index (χ1v) is 7.45. The molecule has 1 atom stereocenters. The molecular formula is C14H19BrFNO. The lowest BCUT2D eigenvalue weighted by atomic mass is 9.98. The Labute approximate surface area is 116 Å². The van der Waals surface area contributed by atoms with Gasteiger partial charge in [-0.05, 0) is 36.5 Å². The lowest BCUT2D eigenvalue weighted by Crippen LogP contribution is -2.37. The van der Waals surface area contributed by atoms with Gasteiger partial charge in [-0.2, -0.15) is 0 Å². The molecule has 1 fully saturated rings. The highest BCUT2D eigenvalue weighted by Gasteiger charge is 2.21. The maximum absolute atomic E-state index is 14.0. The molecule has 100 valence electrons. The van der Waals surface area contributed by atoms with Gasteiger partial charge in [0.1, 0.15) is 5.82 Å². The molecule has 0 spiro atoms. The van der Waals surface area contributed by atoms with E-state index < -0.39 is 0 Å². The summed E-state index contributed by atoms with van der Waals surface area (Å²) < 4.78 is 19.2. The van der Waals surface area contributed by atoms with Gasteiger partial charge in [0.15, 0.2) is 0 Å². The van der Waals surface area contributed by atoms with Gasteiger partial charge in [-0.1, -0.05) is 22.0 Å². The van der Waals surface area contributed by atoms with Crippen LogP contribution in [0.1, 0.15) is 18.4 Å². The van der Waals surface area contributed by atoms with Gasteiger partial charge in [0.2, 0.25) is 0 Å². The Bertz CT molecular complexity index is 397. The normalized spacial score (nSPS) is 20.2. The minimum Gasteiger partial charge on any atom is -0.384 e. The Morgan fingerprint density at radius 3 is 3.00 bits per heavy atom. The monoisotopic (exact) mass is 315 g/mol. The van der Waals surface area contributed by atoms with Gasteiger partial charge >= 0.3 is 0 Å². The summed E-state index contributed by atoms with van der Waals surface area (Å²) >= 11 is 3.35. The molecule has 0 saturated carbocycles. The van der Waals surface area contributed by atoms with Crippen LogP contribution < -0.4 is 4.90 Å². The average Bonchev–Trinajstić information content (AvgIpc) is 2.39. The number of halogens is 2. The van der Waals surface area contributed by atoms with Gasteiger partial charge in [0, 0.05) is 25.5 Å². The van der Waals surface area contributed by atoms with Crippen LogP contribution in [0.15, 0.2) is 18.2 Å². The first-order chi connectivity index (χ1) is 8.74. The number of nitrogens with zero attached hydrogens (tertiary/aromatic N) is 1. The Hall–Kier alpha value is -0.610. The topological polar surface area (TPSA) is 12.5 Å². The number of benzene rings is 1. The van der Waals surface area contributed by atoms with E-state index in [2.05, 4.69) is 20.8 Å². The molecule has 1 aliphatic heterocycles. The molecule has 0 amide bonds. The highest BCUT2D eigenvalue weighted by molar-refractivity contribution is 9.08. The van der Waals surface area contributed by atoms with Crippen molar-refractivity contribution in [2.75, 3.05) is 31.7 Å². The quantitative estimate of drug-likeness (QED) is 0.787. The van der Waals surface area contributed by atoms with Crippen molar-refractivity contribution in [3.63, 3.8) is 0 Å². The molecule has 2 rings (SSSR count). The summed E-state index contributed by atoms with van der Waals surface area (Å²) in [4.78, 5) is 2.14. The lowest BCUT2D eigenvalue weighted by molar-refractivity contribution is 0.143. The highest BCUT2D eigenvalue weighted by Crippen LogP contribution is 2.26. The van der Waals surface area contributed by atoms with Gasteiger partial charge in [-0.25, -0.2) is 4.39 Å². The first kappa shape index (κ1) is 13.8. The maximum Gasteiger partial charge on any atom is 0.146 e. The summed E-state index contributed by atoms with van der Waals surface area (Å²) in [6.45, 7) is 2.58. The van der Waals surface area contributed by atoms with Gasteiger partial charge in [-0.15, -0.1) is 0 Å². The van der Waals surface area contributed by atoms with Crippen LogP contribution >= 0.6 is 15.9 Å². The average molecular weight is 316 g/mol. The zero-order valence-corrected chi connectivity index (χ0v) is 12.2. The first-order valence-electron chi connectivity index (χ1n) is 6.33. The minimum atomic E-state index is -0.120. The Morgan fingerprint density at radius 1 is 1.50 bits per heavy atom. The van der Waals surface area contributed by atoms with Crippen LogP contribution in [0.25, 0.3) is 0 Å². The van der Waals surface area contributed by atoms with E-state index in [1.165, 1.54) is 6.42 Å². The van der Waals surface area contributed by atoms with Crippen molar-refractivity contribution < 1.29 is 9.13 Å². The number of alkyl halides is 1. The molecule has 18 heavy (non-hydrogen) atoms. The van der Waals surface area contributed by atoms with Gasteiger partial charge in [0.05, 0.1) is 12.3 Å². The van der Waals surface area contributed by atoms with Crippen molar-refractivity contribution in [3.8, 4) is 0 Å². The fourth-order valence-corrected chi connectivity index (χ4v) is 2.89. The largest absolute Gasteiger partial charge is 0.384 e. The molecule has 4 heteroatoms. The number of ether oxygens (including phenoxy) is 1. The van der Waals surface area contributed by atoms with E-state index in [1.54, 1.807) is 13.2 Å². The van der Waals surface area contributed by atoms with Gasteiger partial charge in [0.25, 0.3) is 0 Å². The second-order valence-corrected chi connectivity index (χ2v) is 5.39. The van der Waals surface area contributed by atoms with Gasteiger partial charge in [-0.3, -0.25) is 0 Å². The number of hydrogen-bond acceptors (Lipinski definition) is 2. The smallest absolute Gasteiger partial charge is 0.146 e. The second kappa shape index (κ2) is 6.53. The Morgan fingerprint density at radius 2 is 2.33 bits per heavy atom. The minimum absolute atomic E-state index is 0.120. The third-order valence-corrected chi connectivity index (χ3v) is 4.08. The molecule has 1 saturated heterocycles. The number of anilines is 1. The molecule has 2 nitrogen and oxygen atoms in total. The van der Waals surface area contributed by atoms with E-state index in [0.29, 0.717) is 11.2 Å².